The van der Waals surface area contributed by atoms with Crippen LogP contribution in [0, 0.1) is 11.8 Å². The molecule has 33 heavy (non-hydrogen) atoms. The summed E-state index contributed by atoms with van der Waals surface area (Å²) in [7, 11) is 1.68. The van der Waals surface area contributed by atoms with Crippen LogP contribution in [0.2, 0.25) is 0 Å². The third kappa shape index (κ3) is 8.18. The van der Waals surface area contributed by atoms with Crippen LogP contribution in [0.25, 0.3) is 23.3 Å². The minimum Gasteiger partial charge on any atom is -0.366 e. The molecule has 3 rings (SSSR count). The Kier molecular flexibility index (Phi) is 9.27. The monoisotopic (exact) mass is 455 g/mol. The number of thiophene rings is 1. The molecule has 2 aromatic carbocycles. The molecule has 0 saturated heterocycles. The predicted molar refractivity (Wildman–Crippen MR) is 144 cm³/mol. The molecule has 0 spiro atoms. The Morgan fingerprint density at radius 3 is 2.45 bits per heavy atom. The highest BCUT2D eigenvalue weighted by Crippen LogP contribution is 2.23. The number of allylic oxidation sites excluding steroid dienone is 1. The Morgan fingerprint density at radius 2 is 1.76 bits per heavy atom. The largest absolute Gasteiger partial charge is 0.366 e. The maximum absolute atomic E-state index is 5.32. The van der Waals surface area contributed by atoms with Gasteiger partial charge in [0.25, 0.3) is 0 Å². The van der Waals surface area contributed by atoms with Gasteiger partial charge in [-0.25, -0.2) is 0 Å². The van der Waals surface area contributed by atoms with Crippen LogP contribution >= 0.6 is 11.3 Å². The van der Waals surface area contributed by atoms with Crippen LogP contribution in [-0.4, -0.2) is 30.7 Å². The van der Waals surface area contributed by atoms with E-state index >= 15 is 0 Å². The smallest absolute Gasteiger partial charge is 0.123 e. The Balaban J connectivity index is 1.61. The number of ether oxygens (including phenoxy) is 1. The van der Waals surface area contributed by atoms with E-state index in [9.17, 15) is 0 Å². The van der Waals surface area contributed by atoms with Crippen molar-refractivity contribution in [1.29, 1.82) is 0 Å². The first-order valence-corrected chi connectivity index (χ1v) is 12.3. The van der Waals surface area contributed by atoms with Crippen molar-refractivity contribution in [2.24, 2.45) is 0 Å². The molecule has 1 heterocycles. The third-order valence-electron chi connectivity index (χ3n) is 5.46. The average Bonchev–Trinajstić information content (AvgIpc) is 3.37. The van der Waals surface area contributed by atoms with Crippen LogP contribution in [-0.2, 0) is 11.3 Å². The fourth-order valence-corrected chi connectivity index (χ4v) is 3.99. The molecule has 0 fully saturated rings. The van der Waals surface area contributed by atoms with Gasteiger partial charge >= 0.3 is 0 Å². The molecule has 2 nitrogen and oxygen atoms in total. The Morgan fingerprint density at radius 1 is 1.00 bits per heavy atom. The van der Waals surface area contributed by atoms with Crippen LogP contribution in [0.1, 0.15) is 37.5 Å². The molecule has 3 aromatic rings. The molecule has 0 amide bonds. The van der Waals surface area contributed by atoms with E-state index in [0.717, 1.165) is 19.6 Å². The van der Waals surface area contributed by atoms with E-state index in [1.54, 1.807) is 18.4 Å². The fraction of sp³-hybridized carbons (Fsp3) is 0.267. The maximum atomic E-state index is 5.32. The standard InChI is InChI=1S/C30H33NOS/c1-5-31(19-8-6-7-18-30(2,3)32-4)23-27-13-9-11-25(21-27)15-16-26-12-10-14-28(22-26)29-17-20-33-24-29/h6,8-17,20-22,24H,5,19,23H2,1-4H3. The van der Waals surface area contributed by atoms with Gasteiger partial charge in [-0.3, -0.25) is 4.90 Å². The number of rotatable bonds is 9. The van der Waals surface area contributed by atoms with E-state index < -0.39 is 5.60 Å². The minimum atomic E-state index is -0.409. The highest BCUT2D eigenvalue weighted by molar-refractivity contribution is 7.08. The van der Waals surface area contributed by atoms with Gasteiger partial charge in [0.05, 0.1) is 0 Å². The topological polar surface area (TPSA) is 12.5 Å². The number of hydrogen-bond acceptors (Lipinski definition) is 3. The highest BCUT2D eigenvalue weighted by Gasteiger charge is 2.10. The number of benzene rings is 2. The molecule has 0 bridgehead atoms. The van der Waals surface area contributed by atoms with Crippen molar-refractivity contribution in [2.45, 2.75) is 32.9 Å². The van der Waals surface area contributed by atoms with Gasteiger partial charge in [0, 0.05) is 20.2 Å². The molecule has 0 atom stereocenters. The van der Waals surface area contributed by atoms with Gasteiger partial charge in [0.1, 0.15) is 5.60 Å². The Bertz CT molecular complexity index is 1130. The van der Waals surface area contributed by atoms with Crippen molar-refractivity contribution >= 4 is 23.5 Å². The summed E-state index contributed by atoms with van der Waals surface area (Å²) in [6.07, 6.45) is 8.42. The summed E-state index contributed by atoms with van der Waals surface area (Å²) in [4.78, 5) is 2.40. The van der Waals surface area contributed by atoms with E-state index in [4.69, 9.17) is 4.74 Å². The second kappa shape index (κ2) is 12.4. The predicted octanol–water partition coefficient (Wildman–Crippen LogP) is 7.39. The molecule has 0 saturated carbocycles. The Hall–Kier alpha value is -2.90. The van der Waals surface area contributed by atoms with Crippen LogP contribution in [0.3, 0.4) is 0 Å². The van der Waals surface area contributed by atoms with E-state index in [0.29, 0.717) is 0 Å². The molecule has 0 radical (unpaired) electrons. The first-order valence-electron chi connectivity index (χ1n) is 11.3. The van der Waals surface area contributed by atoms with Crippen molar-refractivity contribution in [2.75, 3.05) is 20.2 Å². The van der Waals surface area contributed by atoms with E-state index in [1.165, 1.54) is 27.8 Å². The molecule has 170 valence electrons. The van der Waals surface area contributed by atoms with Crippen molar-refractivity contribution in [1.82, 2.24) is 4.90 Å². The maximum Gasteiger partial charge on any atom is 0.123 e. The van der Waals surface area contributed by atoms with Crippen molar-refractivity contribution in [3.05, 3.63) is 94.2 Å². The number of likely N-dealkylation sites (N-methyl/N-ethyl adjacent to an activating group) is 1. The lowest BCUT2D eigenvalue weighted by Crippen LogP contribution is -2.22. The molecule has 0 N–H and O–H groups in total. The molecule has 0 aliphatic carbocycles. The summed E-state index contributed by atoms with van der Waals surface area (Å²) in [5.41, 5.74) is 5.86. The first-order chi connectivity index (χ1) is 16.0. The molecule has 3 heteroatoms. The van der Waals surface area contributed by atoms with Crippen LogP contribution in [0.5, 0.6) is 0 Å². The average molecular weight is 456 g/mol. The van der Waals surface area contributed by atoms with Gasteiger partial charge in [-0.15, -0.1) is 0 Å². The summed E-state index contributed by atoms with van der Waals surface area (Å²) in [5, 5.41) is 4.31. The lowest BCUT2D eigenvalue weighted by molar-refractivity contribution is 0.0742. The highest BCUT2D eigenvalue weighted by atomic mass is 32.1. The molecule has 0 aliphatic rings. The Labute approximate surface area is 203 Å². The first kappa shape index (κ1) is 24.7. The van der Waals surface area contributed by atoms with Gasteiger partial charge in [-0.2, -0.15) is 11.3 Å². The van der Waals surface area contributed by atoms with Crippen LogP contribution in [0.4, 0.5) is 0 Å². The second-order valence-electron chi connectivity index (χ2n) is 8.43. The van der Waals surface area contributed by atoms with Crippen LogP contribution < -0.4 is 0 Å². The van der Waals surface area contributed by atoms with Crippen molar-refractivity contribution in [3.63, 3.8) is 0 Å². The summed E-state index contributed by atoms with van der Waals surface area (Å²) in [6, 6.07) is 19.6. The van der Waals surface area contributed by atoms with Gasteiger partial charge in [-0.1, -0.05) is 79.5 Å². The number of hydrogen-bond donors (Lipinski definition) is 0. The summed E-state index contributed by atoms with van der Waals surface area (Å²) >= 11 is 1.73. The third-order valence-corrected chi connectivity index (χ3v) is 6.15. The van der Waals surface area contributed by atoms with Gasteiger partial charge in [0.2, 0.25) is 0 Å². The quantitative estimate of drug-likeness (QED) is 0.246. The fourth-order valence-electron chi connectivity index (χ4n) is 3.33. The van der Waals surface area contributed by atoms with Crippen molar-refractivity contribution < 1.29 is 4.74 Å². The lowest BCUT2D eigenvalue weighted by atomic mass is 10.0. The molecule has 1 aromatic heterocycles. The van der Waals surface area contributed by atoms with E-state index in [1.807, 2.05) is 19.9 Å². The molecule has 0 unspecified atom stereocenters. The van der Waals surface area contributed by atoms with Crippen molar-refractivity contribution in [3.8, 4) is 23.0 Å². The molecule has 0 aliphatic heterocycles. The minimum absolute atomic E-state index is 0.409. The second-order valence-corrected chi connectivity index (χ2v) is 9.21. The van der Waals surface area contributed by atoms with E-state index in [-0.39, 0.29) is 0 Å². The van der Waals surface area contributed by atoms with Gasteiger partial charge in [0.15, 0.2) is 0 Å². The molecular weight excluding hydrogens is 422 g/mol. The zero-order valence-electron chi connectivity index (χ0n) is 20.0. The van der Waals surface area contributed by atoms with E-state index in [2.05, 4.69) is 107 Å². The molecular formula is C30H33NOS. The number of methoxy groups -OCH3 is 1. The summed E-state index contributed by atoms with van der Waals surface area (Å²) in [5.74, 6) is 6.20. The van der Waals surface area contributed by atoms with Gasteiger partial charge < -0.3 is 4.74 Å². The van der Waals surface area contributed by atoms with Crippen LogP contribution in [0.15, 0.2) is 77.5 Å². The zero-order valence-corrected chi connectivity index (χ0v) is 20.9. The van der Waals surface area contributed by atoms with Gasteiger partial charge in [-0.05, 0) is 77.2 Å². The summed E-state index contributed by atoms with van der Waals surface area (Å²) in [6.45, 7) is 8.89. The zero-order chi connectivity index (χ0) is 23.5. The summed E-state index contributed by atoms with van der Waals surface area (Å²) < 4.78 is 5.32. The normalized spacial score (nSPS) is 11.9. The number of nitrogens with zero attached hydrogens (tertiary/aromatic N) is 1. The lowest BCUT2D eigenvalue weighted by Gasteiger charge is -2.18. The SMILES string of the molecule is CCN(CC=CC#CC(C)(C)OC)Cc1cccc(C=Cc2cccc(-c3ccsc3)c2)c1.